The van der Waals surface area contributed by atoms with Crippen LogP contribution in [-0.2, 0) is 4.79 Å². The van der Waals surface area contributed by atoms with Gasteiger partial charge in [0, 0.05) is 24.5 Å². The van der Waals surface area contributed by atoms with Crippen LogP contribution in [0.2, 0.25) is 0 Å². The lowest BCUT2D eigenvalue weighted by molar-refractivity contribution is -0.114. The van der Waals surface area contributed by atoms with E-state index in [2.05, 4.69) is 15.5 Å². The molecule has 0 atom stereocenters. The van der Waals surface area contributed by atoms with Gasteiger partial charge < -0.3 is 15.5 Å². The zero-order valence-corrected chi connectivity index (χ0v) is 14.2. The molecule has 1 heterocycles. The third kappa shape index (κ3) is 4.28. The number of benzene rings is 2. The van der Waals surface area contributed by atoms with Crippen LogP contribution in [0.15, 0.2) is 36.4 Å². The van der Waals surface area contributed by atoms with E-state index in [9.17, 15) is 18.0 Å². The van der Waals surface area contributed by atoms with Crippen molar-refractivity contribution >= 4 is 23.0 Å². The first-order chi connectivity index (χ1) is 12.5. The predicted octanol–water partition coefficient (Wildman–Crippen LogP) is 4.14. The van der Waals surface area contributed by atoms with Crippen molar-refractivity contribution in [3.63, 3.8) is 0 Å². The number of piperidine rings is 1. The van der Waals surface area contributed by atoms with Gasteiger partial charge in [0.25, 0.3) is 0 Å². The SMILES string of the molecule is O=C(CNc1ccc(F)c(F)c1F)Nc1ccc(N2CCCCC2)cc1. The monoisotopic (exact) mass is 363 g/mol. The fourth-order valence-corrected chi connectivity index (χ4v) is 2.95. The van der Waals surface area contributed by atoms with Crippen molar-refractivity contribution in [2.45, 2.75) is 19.3 Å². The number of rotatable bonds is 5. The number of nitrogens with one attached hydrogen (secondary N) is 2. The topological polar surface area (TPSA) is 44.4 Å². The minimum atomic E-state index is -1.57. The summed E-state index contributed by atoms with van der Waals surface area (Å²) in [6, 6.07) is 9.36. The van der Waals surface area contributed by atoms with E-state index in [4.69, 9.17) is 0 Å². The zero-order chi connectivity index (χ0) is 18.5. The molecule has 138 valence electrons. The molecule has 3 rings (SSSR count). The van der Waals surface area contributed by atoms with Crippen molar-refractivity contribution in [3.05, 3.63) is 53.8 Å². The number of carbonyl (C=O) groups excluding carboxylic acids is 1. The van der Waals surface area contributed by atoms with Gasteiger partial charge in [0.15, 0.2) is 17.5 Å². The van der Waals surface area contributed by atoms with E-state index in [1.54, 1.807) is 12.1 Å². The van der Waals surface area contributed by atoms with E-state index in [1.807, 2.05) is 12.1 Å². The number of amides is 1. The van der Waals surface area contributed by atoms with Gasteiger partial charge in [0.05, 0.1) is 12.2 Å². The van der Waals surface area contributed by atoms with Crippen molar-refractivity contribution < 1.29 is 18.0 Å². The second-order valence-electron chi connectivity index (χ2n) is 6.22. The highest BCUT2D eigenvalue weighted by Crippen LogP contribution is 2.22. The van der Waals surface area contributed by atoms with Crippen LogP contribution in [0.5, 0.6) is 0 Å². The molecule has 0 aliphatic carbocycles. The van der Waals surface area contributed by atoms with E-state index >= 15 is 0 Å². The van der Waals surface area contributed by atoms with Gasteiger partial charge in [-0.15, -0.1) is 0 Å². The van der Waals surface area contributed by atoms with Crippen molar-refractivity contribution in [2.75, 3.05) is 35.2 Å². The predicted molar refractivity (Wildman–Crippen MR) is 95.9 cm³/mol. The summed E-state index contributed by atoms with van der Waals surface area (Å²) in [5.74, 6) is -4.60. The average molecular weight is 363 g/mol. The van der Waals surface area contributed by atoms with Gasteiger partial charge in [-0.3, -0.25) is 4.79 Å². The number of carbonyl (C=O) groups is 1. The minimum Gasteiger partial charge on any atom is -0.374 e. The first kappa shape index (κ1) is 18.1. The number of hydrogen-bond acceptors (Lipinski definition) is 3. The van der Waals surface area contributed by atoms with Crippen LogP contribution in [0.4, 0.5) is 30.2 Å². The molecule has 0 unspecified atom stereocenters. The van der Waals surface area contributed by atoms with E-state index < -0.39 is 23.4 Å². The quantitative estimate of drug-likeness (QED) is 0.785. The highest BCUT2D eigenvalue weighted by molar-refractivity contribution is 5.93. The third-order valence-corrected chi connectivity index (χ3v) is 4.35. The first-order valence-corrected chi connectivity index (χ1v) is 8.57. The molecular weight excluding hydrogens is 343 g/mol. The Balaban J connectivity index is 1.54. The van der Waals surface area contributed by atoms with Gasteiger partial charge >= 0.3 is 0 Å². The van der Waals surface area contributed by atoms with E-state index in [-0.39, 0.29) is 12.2 Å². The molecule has 1 aliphatic rings. The van der Waals surface area contributed by atoms with E-state index in [0.717, 1.165) is 30.9 Å². The van der Waals surface area contributed by atoms with Crippen LogP contribution in [0, 0.1) is 17.5 Å². The highest BCUT2D eigenvalue weighted by atomic mass is 19.2. The van der Waals surface area contributed by atoms with Crippen LogP contribution in [-0.4, -0.2) is 25.5 Å². The van der Waals surface area contributed by atoms with Crippen LogP contribution in [0.1, 0.15) is 19.3 Å². The van der Waals surface area contributed by atoms with Crippen LogP contribution in [0.25, 0.3) is 0 Å². The van der Waals surface area contributed by atoms with E-state index in [0.29, 0.717) is 5.69 Å². The normalized spacial score (nSPS) is 14.2. The highest BCUT2D eigenvalue weighted by Gasteiger charge is 2.14. The summed E-state index contributed by atoms with van der Waals surface area (Å²) in [4.78, 5) is 14.3. The van der Waals surface area contributed by atoms with Crippen LogP contribution < -0.4 is 15.5 Å². The Morgan fingerprint density at radius 3 is 2.31 bits per heavy atom. The summed E-state index contributed by atoms with van der Waals surface area (Å²) in [5.41, 5.74) is 1.47. The fourth-order valence-electron chi connectivity index (χ4n) is 2.95. The molecule has 1 fully saturated rings. The number of anilines is 3. The Kier molecular flexibility index (Phi) is 5.65. The minimum absolute atomic E-state index is 0.264. The molecule has 1 saturated heterocycles. The van der Waals surface area contributed by atoms with Crippen molar-refractivity contribution in [1.29, 1.82) is 0 Å². The Morgan fingerprint density at radius 1 is 0.923 bits per heavy atom. The van der Waals surface area contributed by atoms with Crippen LogP contribution in [0.3, 0.4) is 0 Å². The average Bonchev–Trinajstić information content (AvgIpc) is 2.67. The lowest BCUT2D eigenvalue weighted by atomic mass is 10.1. The third-order valence-electron chi connectivity index (χ3n) is 4.35. The Bertz CT molecular complexity index is 774. The molecule has 26 heavy (non-hydrogen) atoms. The van der Waals surface area contributed by atoms with E-state index in [1.165, 1.54) is 19.3 Å². The Morgan fingerprint density at radius 2 is 1.62 bits per heavy atom. The summed E-state index contributed by atoms with van der Waals surface area (Å²) in [6.07, 6.45) is 3.63. The summed E-state index contributed by atoms with van der Waals surface area (Å²) in [7, 11) is 0. The molecule has 1 amide bonds. The lowest BCUT2D eigenvalue weighted by Crippen LogP contribution is -2.29. The van der Waals surface area contributed by atoms with Gasteiger partial charge in [-0.25, -0.2) is 13.2 Å². The summed E-state index contributed by atoms with van der Waals surface area (Å²) >= 11 is 0. The molecule has 7 heteroatoms. The van der Waals surface area contributed by atoms with Gasteiger partial charge in [-0.1, -0.05) is 0 Å². The smallest absolute Gasteiger partial charge is 0.243 e. The Hall–Kier alpha value is -2.70. The van der Waals surface area contributed by atoms with Gasteiger partial charge in [0.2, 0.25) is 5.91 Å². The molecule has 2 aromatic rings. The zero-order valence-electron chi connectivity index (χ0n) is 14.2. The molecule has 4 nitrogen and oxygen atoms in total. The van der Waals surface area contributed by atoms with Crippen molar-refractivity contribution in [1.82, 2.24) is 0 Å². The molecule has 0 radical (unpaired) electrons. The maximum atomic E-state index is 13.5. The number of nitrogens with zero attached hydrogens (tertiary/aromatic N) is 1. The molecule has 0 aromatic heterocycles. The van der Waals surface area contributed by atoms with Gasteiger partial charge in [0.1, 0.15) is 0 Å². The first-order valence-electron chi connectivity index (χ1n) is 8.57. The number of halogens is 3. The van der Waals surface area contributed by atoms with Gasteiger partial charge in [-0.2, -0.15) is 0 Å². The molecule has 0 spiro atoms. The van der Waals surface area contributed by atoms with Crippen LogP contribution >= 0.6 is 0 Å². The molecule has 1 aliphatic heterocycles. The standard InChI is InChI=1S/C19H20F3N3O/c20-15-8-9-16(19(22)18(15)21)23-12-17(26)24-13-4-6-14(7-5-13)25-10-2-1-3-11-25/h4-9,23H,1-3,10-12H2,(H,24,26). The fraction of sp³-hybridized carbons (Fsp3) is 0.316. The van der Waals surface area contributed by atoms with Gasteiger partial charge in [-0.05, 0) is 55.7 Å². The molecule has 0 bridgehead atoms. The second kappa shape index (κ2) is 8.12. The summed E-state index contributed by atoms with van der Waals surface area (Å²) in [5, 5.41) is 5.14. The largest absolute Gasteiger partial charge is 0.374 e. The molecule has 0 saturated carbocycles. The maximum absolute atomic E-state index is 13.5. The molecular formula is C19H20F3N3O. The number of hydrogen-bond donors (Lipinski definition) is 2. The van der Waals surface area contributed by atoms with Crippen molar-refractivity contribution in [2.24, 2.45) is 0 Å². The lowest BCUT2D eigenvalue weighted by Gasteiger charge is -2.28. The molecule has 2 aromatic carbocycles. The maximum Gasteiger partial charge on any atom is 0.243 e. The summed E-state index contributed by atoms with van der Waals surface area (Å²) in [6.45, 7) is 1.81. The second-order valence-corrected chi connectivity index (χ2v) is 6.22. The summed E-state index contributed by atoms with van der Waals surface area (Å²) < 4.78 is 39.6. The molecule has 2 N–H and O–H groups in total. The Labute approximate surface area is 150 Å². The van der Waals surface area contributed by atoms with Crippen molar-refractivity contribution in [3.8, 4) is 0 Å².